The second-order valence-corrected chi connectivity index (χ2v) is 9.83. The van der Waals surface area contributed by atoms with Gasteiger partial charge in [0, 0.05) is 28.4 Å². The van der Waals surface area contributed by atoms with Gasteiger partial charge in [-0.1, -0.05) is 0 Å². The maximum absolute atomic E-state index is 12.7. The molecule has 9 nitrogen and oxygen atoms in total. The summed E-state index contributed by atoms with van der Waals surface area (Å²) in [4.78, 5) is 21.1. The first-order chi connectivity index (χ1) is 14.7. The Balaban J connectivity index is 1.74. The topological polar surface area (TPSA) is 120 Å². The van der Waals surface area contributed by atoms with Gasteiger partial charge in [0.25, 0.3) is 5.91 Å². The quantitative estimate of drug-likeness (QED) is 0.580. The summed E-state index contributed by atoms with van der Waals surface area (Å²) in [6, 6.07) is 5.40. The second-order valence-electron chi connectivity index (χ2n) is 7.02. The standard InChI is InChI=1S/C20H20N4O5S2/c1-11-22-18(10-30-11)19(25)23-16-5-12(4-14-8-29-9-15(14)16)13-6-17(24-31(3,26)27)20(28-2)21-7-13/h4-7,10,24H,8-9H2,1-3H3,(H,23,25). The maximum Gasteiger partial charge on any atom is 0.275 e. The molecule has 31 heavy (non-hydrogen) atoms. The van der Waals surface area contributed by atoms with Crippen LogP contribution < -0.4 is 14.8 Å². The van der Waals surface area contributed by atoms with Crippen LogP contribution in [-0.2, 0) is 28.0 Å². The lowest BCUT2D eigenvalue weighted by Crippen LogP contribution is -2.14. The smallest absolute Gasteiger partial charge is 0.275 e. The van der Waals surface area contributed by atoms with Crippen LogP contribution in [0.2, 0.25) is 0 Å². The number of thiazole rings is 1. The van der Waals surface area contributed by atoms with Crippen LogP contribution in [0.25, 0.3) is 11.1 Å². The number of hydrogen-bond donors (Lipinski definition) is 2. The van der Waals surface area contributed by atoms with Crippen LogP contribution in [0.4, 0.5) is 11.4 Å². The number of aryl methyl sites for hydroxylation is 1. The van der Waals surface area contributed by atoms with E-state index in [1.807, 2.05) is 19.1 Å². The van der Waals surface area contributed by atoms with Crippen molar-refractivity contribution in [3.63, 3.8) is 0 Å². The van der Waals surface area contributed by atoms with Crippen LogP contribution >= 0.6 is 11.3 Å². The molecule has 0 atom stereocenters. The van der Waals surface area contributed by atoms with E-state index in [-0.39, 0.29) is 17.5 Å². The Morgan fingerprint density at radius 3 is 2.65 bits per heavy atom. The van der Waals surface area contributed by atoms with Gasteiger partial charge in [0.1, 0.15) is 11.4 Å². The highest BCUT2D eigenvalue weighted by Crippen LogP contribution is 2.36. The van der Waals surface area contributed by atoms with Crippen molar-refractivity contribution in [3.05, 3.63) is 51.6 Å². The van der Waals surface area contributed by atoms with Gasteiger partial charge >= 0.3 is 0 Å². The average molecular weight is 461 g/mol. The highest BCUT2D eigenvalue weighted by molar-refractivity contribution is 7.92. The number of ether oxygens (including phenoxy) is 2. The minimum Gasteiger partial charge on any atom is -0.480 e. The number of carbonyl (C=O) groups excluding carboxylic acids is 1. The van der Waals surface area contributed by atoms with Crippen LogP contribution in [0.15, 0.2) is 29.8 Å². The number of carbonyl (C=O) groups is 1. The summed E-state index contributed by atoms with van der Waals surface area (Å²) in [6.45, 7) is 2.65. The molecule has 0 radical (unpaired) electrons. The number of rotatable bonds is 6. The molecule has 162 valence electrons. The van der Waals surface area contributed by atoms with Gasteiger partial charge in [-0.3, -0.25) is 9.52 Å². The summed E-state index contributed by atoms with van der Waals surface area (Å²) < 4.78 is 36.6. The Labute approximate surface area is 183 Å². The van der Waals surface area contributed by atoms with Gasteiger partial charge in [0.2, 0.25) is 15.9 Å². The van der Waals surface area contributed by atoms with E-state index in [1.165, 1.54) is 18.4 Å². The Morgan fingerprint density at radius 1 is 1.19 bits per heavy atom. The average Bonchev–Trinajstić information content (AvgIpc) is 3.35. The highest BCUT2D eigenvalue weighted by atomic mass is 32.2. The van der Waals surface area contributed by atoms with E-state index in [1.54, 1.807) is 17.6 Å². The van der Waals surface area contributed by atoms with Gasteiger partial charge in [0.05, 0.1) is 31.6 Å². The zero-order valence-electron chi connectivity index (χ0n) is 17.1. The molecular weight excluding hydrogens is 440 g/mol. The van der Waals surface area contributed by atoms with Crippen molar-refractivity contribution in [2.45, 2.75) is 20.1 Å². The first-order valence-electron chi connectivity index (χ1n) is 9.22. The molecule has 3 aromatic rings. The van der Waals surface area contributed by atoms with E-state index in [9.17, 15) is 13.2 Å². The Morgan fingerprint density at radius 2 is 1.97 bits per heavy atom. The van der Waals surface area contributed by atoms with Crippen molar-refractivity contribution in [2.24, 2.45) is 0 Å². The number of anilines is 2. The van der Waals surface area contributed by atoms with Crippen LogP contribution in [0.3, 0.4) is 0 Å². The molecule has 0 saturated heterocycles. The fourth-order valence-corrected chi connectivity index (χ4v) is 4.41. The van der Waals surface area contributed by atoms with Crippen molar-refractivity contribution in [2.75, 3.05) is 23.4 Å². The van der Waals surface area contributed by atoms with Gasteiger partial charge in [-0.15, -0.1) is 11.3 Å². The highest BCUT2D eigenvalue weighted by Gasteiger charge is 2.21. The van der Waals surface area contributed by atoms with Gasteiger partial charge in [-0.2, -0.15) is 0 Å². The molecule has 11 heteroatoms. The summed E-state index contributed by atoms with van der Waals surface area (Å²) >= 11 is 1.41. The molecule has 0 spiro atoms. The largest absolute Gasteiger partial charge is 0.480 e. The molecule has 0 saturated carbocycles. The number of benzene rings is 1. The van der Waals surface area contributed by atoms with Crippen LogP contribution in [0.5, 0.6) is 5.88 Å². The third-order valence-corrected chi connectivity index (χ3v) is 5.98. The van der Waals surface area contributed by atoms with Crippen molar-refractivity contribution in [1.82, 2.24) is 9.97 Å². The monoisotopic (exact) mass is 460 g/mol. The fourth-order valence-electron chi connectivity index (χ4n) is 3.27. The first kappa shape index (κ1) is 21.2. The van der Waals surface area contributed by atoms with Crippen molar-refractivity contribution in [3.8, 4) is 17.0 Å². The number of fused-ring (bicyclic) bond motifs is 1. The summed E-state index contributed by atoms with van der Waals surface area (Å²) in [6.07, 6.45) is 2.64. The zero-order chi connectivity index (χ0) is 22.2. The number of amides is 1. The van der Waals surface area contributed by atoms with E-state index in [2.05, 4.69) is 20.0 Å². The number of hydrogen-bond acceptors (Lipinski definition) is 8. The maximum atomic E-state index is 12.7. The lowest BCUT2D eigenvalue weighted by Gasteiger charge is -2.14. The number of aromatic nitrogens is 2. The summed E-state index contributed by atoms with van der Waals surface area (Å²) in [5.41, 5.74) is 4.45. The van der Waals surface area contributed by atoms with Crippen LogP contribution in [0.1, 0.15) is 26.6 Å². The molecule has 1 aromatic carbocycles. The molecule has 0 fully saturated rings. The minimum atomic E-state index is -3.52. The van der Waals surface area contributed by atoms with E-state index >= 15 is 0 Å². The molecule has 0 bridgehead atoms. The lowest BCUT2D eigenvalue weighted by atomic mass is 9.99. The Kier molecular flexibility index (Phi) is 5.65. The van der Waals surface area contributed by atoms with Gasteiger partial charge in [-0.25, -0.2) is 18.4 Å². The fraction of sp³-hybridized carbons (Fsp3) is 0.250. The Hall–Kier alpha value is -3.02. The zero-order valence-corrected chi connectivity index (χ0v) is 18.7. The van der Waals surface area contributed by atoms with Gasteiger partial charge in [0.15, 0.2) is 0 Å². The van der Waals surface area contributed by atoms with E-state index in [0.717, 1.165) is 28.0 Å². The second kappa shape index (κ2) is 8.25. The number of methoxy groups -OCH3 is 1. The molecule has 2 aromatic heterocycles. The molecule has 1 aliphatic heterocycles. The van der Waals surface area contributed by atoms with E-state index in [0.29, 0.717) is 30.2 Å². The number of sulfonamides is 1. The number of pyridine rings is 1. The third kappa shape index (κ3) is 4.68. The number of nitrogens with zero attached hydrogens (tertiary/aromatic N) is 2. The molecule has 3 heterocycles. The minimum absolute atomic E-state index is 0.158. The predicted molar refractivity (Wildman–Crippen MR) is 118 cm³/mol. The Bertz CT molecular complexity index is 1270. The lowest BCUT2D eigenvalue weighted by molar-refractivity contribution is 0.102. The van der Waals surface area contributed by atoms with E-state index in [4.69, 9.17) is 9.47 Å². The molecule has 1 amide bonds. The molecule has 0 aliphatic carbocycles. The summed E-state index contributed by atoms with van der Waals surface area (Å²) in [7, 11) is -2.11. The van der Waals surface area contributed by atoms with Crippen LogP contribution in [-0.4, -0.2) is 37.7 Å². The molecule has 1 aliphatic rings. The van der Waals surface area contributed by atoms with Crippen LogP contribution in [0, 0.1) is 6.92 Å². The predicted octanol–water partition coefficient (Wildman–Crippen LogP) is 3.18. The number of nitrogens with one attached hydrogen (secondary N) is 2. The summed E-state index contributed by atoms with van der Waals surface area (Å²) in [5, 5.41) is 5.44. The normalized spacial score (nSPS) is 13.0. The van der Waals surface area contributed by atoms with Crippen molar-refractivity contribution < 1.29 is 22.7 Å². The van der Waals surface area contributed by atoms with E-state index < -0.39 is 10.0 Å². The summed E-state index contributed by atoms with van der Waals surface area (Å²) in [5.74, 6) is -0.144. The van der Waals surface area contributed by atoms with Gasteiger partial charge in [-0.05, 0) is 36.2 Å². The van der Waals surface area contributed by atoms with Gasteiger partial charge < -0.3 is 14.8 Å². The molecule has 0 unspecified atom stereocenters. The SMILES string of the molecule is COc1ncc(-c2cc3c(c(NC(=O)c4csc(C)n4)c2)COC3)cc1NS(C)(=O)=O. The first-order valence-corrected chi connectivity index (χ1v) is 12.0. The van der Waals surface area contributed by atoms with Crippen molar-refractivity contribution in [1.29, 1.82) is 0 Å². The molecule has 4 rings (SSSR count). The molecule has 2 N–H and O–H groups in total. The third-order valence-electron chi connectivity index (χ3n) is 4.62. The molecular formula is C20H20N4O5S2. The van der Waals surface area contributed by atoms with Crippen molar-refractivity contribution >= 4 is 38.6 Å².